The van der Waals surface area contributed by atoms with Crippen LogP contribution in [0, 0.1) is 18.8 Å². The van der Waals surface area contributed by atoms with Gasteiger partial charge in [0.05, 0.1) is 6.54 Å². The summed E-state index contributed by atoms with van der Waals surface area (Å²) >= 11 is 1.79. The van der Waals surface area contributed by atoms with Crippen LogP contribution in [0.5, 0.6) is 0 Å². The van der Waals surface area contributed by atoms with Crippen LogP contribution in [-0.4, -0.2) is 6.54 Å². The summed E-state index contributed by atoms with van der Waals surface area (Å²) in [5.74, 6) is 5.82. The van der Waals surface area contributed by atoms with E-state index in [1.54, 1.807) is 11.3 Å². The second-order valence-electron chi connectivity index (χ2n) is 2.60. The Hall–Kier alpha value is -0.780. The molecule has 1 aromatic rings. The van der Waals surface area contributed by atoms with Crippen molar-refractivity contribution in [3.05, 3.63) is 21.9 Å². The Labute approximate surface area is 77.8 Å². The van der Waals surface area contributed by atoms with Gasteiger partial charge in [0.25, 0.3) is 0 Å². The molecular weight excluding hydrogens is 166 g/mol. The first-order chi connectivity index (χ1) is 5.83. The summed E-state index contributed by atoms with van der Waals surface area (Å²) in [6.07, 6.45) is 0. The quantitative estimate of drug-likeness (QED) is 0.554. The molecule has 1 aromatic heterocycles. The predicted octanol–water partition coefficient (Wildman–Crippen LogP) is 2.17. The minimum Gasteiger partial charge on any atom is -0.302 e. The van der Waals surface area contributed by atoms with Crippen LogP contribution >= 0.6 is 11.3 Å². The number of thiophene rings is 1. The molecule has 1 nitrogen and oxygen atoms in total. The molecule has 0 amide bonds. The van der Waals surface area contributed by atoms with Gasteiger partial charge in [0.1, 0.15) is 0 Å². The normalized spacial score (nSPS) is 9.17. The van der Waals surface area contributed by atoms with E-state index in [2.05, 4.69) is 35.5 Å². The van der Waals surface area contributed by atoms with Crippen LogP contribution in [0.1, 0.15) is 17.4 Å². The molecule has 0 unspecified atom stereocenters. The average Bonchev–Trinajstić information content (AvgIpc) is 2.45. The molecular formula is C10H13NS. The van der Waals surface area contributed by atoms with Gasteiger partial charge in [-0.2, -0.15) is 0 Å². The van der Waals surface area contributed by atoms with E-state index in [4.69, 9.17) is 0 Å². The standard InChI is InChI=1S/C10H13NS/c1-3-4-5-11-7-10-6-9(2)12-8-10/h6,8,11H,5,7H2,1-2H3. The van der Waals surface area contributed by atoms with Crippen molar-refractivity contribution in [3.8, 4) is 11.8 Å². The number of nitrogens with one attached hydrogen (secondary N) is 1. The maximum Gasteiger partial charge on any atom is 0.0579 e. The van der Waals surface area contributed by atoms with Gasteiger partial charge in [0.2, 0.25) is 0 Å². The van der Waals surface area contributed by atoms with Gasteiger partial charge < -0.3 is 5.32 Å². The zero-order valence-corrected chi connectivity index (χ0v) is 8.29. The summed E-state index contributed by atoms with van der Waals surface area (Å²) < 4.78 is 0. The Morgan fingerprint density at radius 3 is 3.00 bits per heavy atom. The van der Waals surface area contributed by atoms with Crippen LogP contribution in [0.2, 0.25) is 0 Å². The Bertz CT molecular complexity index is 290. The lowest BCUT2D eigenvalue weighted by Crippen LogP contribution is -2.12. The molecule has 0 spiro atoms. The van der Waals surface area contributed by atoms with Crippen molar-refractivity contribution in [2.24, 2.45) is 0 Å². The summed E-state index contributed by atoms with van der Waals surface area (Å²) in [5.41, 5.74) is 1.36. The van der Waals surface area contributed by atoms with E-state index in [0.717, 1.165) is 13.1 Å². The van der Waals surface area contributed by atoms with E-state index in [-0.39, 0.29) is 0 Å². The Balaban J connectivity index is 2.27. The molecule has 2 heteroatoms. The van der Waals surface area contributed by atoms with Crippen LogP contribution in [-0.2, 0) is 6.54 Å². The van der Waals surface area contributed by atoms with Crippen molar-refractivity contribution in [2.45, 2.75) is 20.4 Å². The van der Waals surface area contributed by atoms with Crippen molar-refractivity contribution >= 4 is 11.3 Å². The fraction of sp³-hybridized carbons (Fsp3) is 0.400. The molecule has 64 valence electrons. The summed E-state index contributed by atoms with van der Waals surface area (Å²) in [4.78, 5) is 1.37. The van der Waals surface area contributed by atoms with Crippen molar-refractivity contribution in [1.29, 1.82) is 0 Å². The molecule has 0 aliphatic rings. The first-order valence-corrected chi connectivity index (χ1v) is 4.85. The van der Waals surface area contributed by atoms with E-state index in [0.29, 0.717) is 0 Å². The first kappa shape index (κ1) is 9.31. The molecule has 12 heavy (non-hydrogen) atoms. The van der Waals surface area contributed by atoms with Crippen molar-refractivity contribution in [1.82, 2.24) is 5.32 Å². The van der Waals surface area contributed by atoms with Crippen LogP contribution in [0.3, 0.4) is 0 Å². The Morgan fingerprint density at radius 1 is 1.58 bits per heavy atom. The summed E-state index contributed by atoms with van der Waals surface area (Å²) in [7, 11) is 0. The number of hydrogen-bond donors (Lipinski definition) is 1. The van der Waals surface area contributed by atoms with E-state index in [9.17, 15) is 0 Å². The topological polar surface area (TPSA) is 12.0 Å². The molecule has 0 fully saturated rings. The Kier molecular flexibility index (Phi) is 3.86. The highest BCUT2D eigenvalue weighted by Gasteiger charge is 1.93. The molecule has 0 radical (unpaired) electrons. The van der Waals surface area contributed by atoms with E-state index < -0.39 is 0 Å². The maximum absolute atomic E-state index is 3.25. The van der Waals surface area contributed by atoms with Crippen LogP contribution < -0.4 is 5.32 Å². The van der Waals surface area contributed by atoms with Crippen LogP contribution in [0.15, 0.2) is 11.4 Å². The second kappa shape index (κ2) is 4.97. The molecule has 0 saturated heterocycles. The highest BCUT2D eigenvalue weighted by Crippen LogP contribution is 2.12. The molecule has 0 aliphatic heterocycles. The highest BCUT2D eigenvalue weighted by atomic mass is 32.1. The zero-order chi connectivity index (χ0) is 8.81. The minimum absolute atomic E-state index is 0.783. The Morgan fingerprint density at radius 2 is 2.42 bits per heavy atom. The van der Waals surface area contributed by atoms with Gasteiger partial charge in [-0.25, -0.2) is 0 Å². The van der Waals surface area contributed by atoms with E-state index in [1.165, 1.54) is 10.4 Å². The minimum atomic E-state index is 0.783. The lowest BCUT2D eigenvalue weighted by molar-refractivity contribution is 0.772. The van der Waals surface area contributed by atoms with Crippen molar-refractivity contribution in [2.75, 3.05) is 6.54 Å². The predicted molar refractivity (Wildman–Crippen MR) is 54.2 cm³/mol. The summed E-state index contributed by atoms with van der Waals surface area (Å²) in [6.45, 7) is 5.70. The van der Waals surface area contributed by atoms with E-state index in [1.807, 2.05) is 6.92 Å². The van der Waals surface area contributed by atoms with Gasteiger partial charge in [-0.3, -0.25) is 0 Å². The van der Waals surface area contributed by atoms with Gasteiger partial charge in [-0.15, -0.1) is 17.3 Å². The molecule has 1 rings (SSSR count). The fourth-order valence-electron chi connectivity index (χ4n) is 0.948. The maximum atomic E-state index is 3.25. The molecule has 0 atom stereocenters. The molecule has 0 aliphatic carbocycles. The molecule has 1 heterocycles. The van der Waals surface area contributed by atoms with Gasteiger partial charge in [0, 0.05) is 11.4 Å². The number of hydrogen-bond acceptors (Lipinski definition) is 2. The third kappa shape index (κ3) is 3.08. The second-order valence-corrected chi connectivity index (χ2v) is 3.71. The highest BCUT2D eigenvalue weighted by molar-refractivity contribution is 7.10. The first-order valence-electron chi connectivity index (χ1n) is 3.97. The molecule has 0 saturated carbocycles. The molecule has 1 N–H and O–H groups in total. The number of aryl methyl sites for hydroxylation is 1. The number of rotatable bonds is 3. The monoisotopic (exact) mass is 179 g/mol. The van der Waals surface area contributed by atoms with Crippen LogP contribution in [0.4, 0.5) is 0 Å². The van der Waals surface area contributed by atoms with Crippen molar-refractivity contribution < 1.29 is 0 Å². The van der Waals surface area contributed by atoms with Crippen molar-refractivity contribution in [3.63, 3.8) is 0 Å². The molecule has 0 aromatic carbocycles. The SMILES string of the molecule is CC#CCNCc1csc(C)c1. The smallest absolute Gasteiger partial charge is 0.0579 e. The lowest BCUT2D eigenvalue weighted by Gasteiger charge is -1.95. The zero-order valence-electron chi connectivity index (χ0n) is 7.48. The van der Waals surface area contributed by atoms with Gasteiger partial charge >= 0.3 is 0 Å². The summed E-state index contributed by atoms with van der Waals surface area (Å²) in [5, 5.41) is 5.43. The van der Waals surface area contributed by atoms with E-state index >= 15 is 0 Å². The average molecular weight is 179 g/mol. The van der Waals surface area contributed by atoms with Gasteiger partial charge in [-0.1, -0.05) is 5.92 Å². The van der Waals surface area contributed by atoms with Gasteiger partial charge in [-0.05, 0) is 30.9 Å². The fourth-order valence-corrected chi connectivity index (χ4v) is 1.66. The lowest BCUT2D eigenvalue weighted by atomic mass is 10.3. The van der Waals surface area contributed by atoms with Crippen LogP contribution in [0.25, 0.3) is 0 Å². The van der Waals surface area contributed by atoms with Gasteiger partial charge in [0.15, 0.2) is 0 Å². The largest absolute Gasteiger partial charge is 0.302 e. The third-order valence-electron chi connectivity index (χ3n) is 1.50. The summed E-state index contributed by atoms with van der Waals surface area (Å²) in [6, 6.07) is 2.21. The molecule has 0 bridgehead atoms. The third-order valence-corrected chi connectivity index (χ3v) is 2.41.